The number of nitrogen functional groups attached to an aromatic ring is 1. The number of rotatable bonds is 29. The number of ether oxygens (including phenoxy) is 2. The molecule has 9 rings (SSSR count). The maximum absolute atomic E-state index is 13.4. The lowest BCUT2D eigenvalue weighted by Gasteiger charge is -2.15. The summed E-state index contributed by atoms with van der Waals surface area (Å²) in [6.07, 6.45) is -0.884. The number of nitrogens with two attached hydrogens (primary N) is 1. The standard InChI is InChI=1S/C56H48N12O36S10/c1-25-13-38(43(103-9-3-11-105(73,74)75)23-37(25)61-64-40-17-29(108(82,83)84)15-27-16-30(109(85,86)87)19-46(49(27)40)111(91,92)93)62-60-36-22-44(104-10-4-12-106(76,77)78)39(14-26(36)2)63-66-52-47(112(94,95)96)20-32-31(54(52)69)6-8-35(56(32)114(100,101)102)59-65-41-24-45(110(88,89)90)33-21-48(113(97,98)99)53(55(70)50(33)51(41)57)67-58-34-7-5-28(107(79,80)81)18-42(34)68(71)72/h5-8,13-24,69-70H,3-4,9-12,57H2,1-2H3,(H,73,74,75)(H,76,77,78)(H,79,80,81)(H,82,83,84)(H,85,86,87)(H,88,89,90)(H,91,92,93)(H,94,95,96)(H,97,98,99)(H,100,101,102)/b62-60-,64-61-,65-59?,66-63-,67-58-. The second kappa shape index (κ2) is 31.6. The lowest BCUT2D eigenvalue weighted by atomic mass is 10.0. The molecule has 0 aromatic heterocycles. The smallest absolute Gasteiger partial charge is 0.298 e. The number of phenolic OH excluding ortho intramolecular Hbond substituents is 2. The van der Waals surface area contributed by atoms with Crippen molar-refractivity contribution in [1.82, 2.24) is 0 Å². The summed E-state index contributed by atoms with van der Waals surface area (Å²) < 4.78 is 360. The molecule has 48 nitrogen and oxygen atoms in total. The van der Waals surface area contributed by atoms with Gasteiger partial charge < -0.3 is 25.4 Å². The third-order valence-corrected chi connectivity index (χ3v) is 23.9. The number of hydrogen-bond acceptors (Lipinski definition) is 37. The molecule has 0 aliphatic carbocycles. The van der Waals surface area contributed by atoms with Crippen LogP contribution in [0.3, 0.4) is 0 Å². The van der Waals surface area contributed by atoms with Crippen LogP contribution in [0.2, 0.25) is 0 Å². The van der Waals surface area contributed by atoms with Crippen LogP contribution in [0.1, 0.15) is 24.0 Å². The fraction of sp³-hybridized carbons (Fsp3) is 0.143. The van der Waals surface area contributed by atoms with E-state index in [2.05, 4.69) is 51.1 Å². The lowest BCUT2D eigenvalue weighted by Crippen LogP contribution is -2.08. The Balaban J connectivity index is 1.15. The largest absolute Gasteiger partial charge is 0.505 e. The second-order valence-electron chi connectivity index (χ2n) is 23.2. The first-order valence-electron chi connectivity index (χ1n) is 29.9. The van der Waals surface area contributed by atoms with Gasteiger partial charge in [0, 0.05) is 39.7 Å². The zero-order valence-corrected chi connectivity index (χ0v) is 64.4. The molecule has 0 saturated heterocycles. The zero-order chi connectivity index (χ0) is 85.1. The van der Waals surface area contributed by atoms with E-state index in [1.807, 2.05) is 0 Å². The minimum Gasteiger partial charge on any atom is -0.505 e. The molecule has 0 unspecified atom stereocenters. The van der Waals surface area contributed by atoms with Crippen LogP contribution in [0.15, 0.2) is 187 Å². The molecule has 608 valence electrons. The molecule has 0 saturated carbocycles. The maximum atomic E-state index is 13.4. The normalized spacial score (nSPS) is 13.5. The summed E-state index contributed by atoms with van der Waals surface area (Å²) in [4.78, 5) is 0.0796. The highest BCUT2D eigenvalue weighted by atomic mass is 32.3. The van der Waals surface area contributed by atoms with E-state index in [-0.39, 0.29) is 52.1 Å². The molecule has 9 aromatic rings. The van der Waals surface area contributed by atoms with Crippen molar-refractivity contribution in [2.45, 2.75) is 65.9 Å². The minimum absolute atomic E-state index is 0.0103. The van der Waals surface area contributed by atoms with Gasteiger partial charge in [-0.25, -0.2) is 0 Å². The van der Waals surface area contributed by atoms with Crippen LogP contribution >= 0.6 is 0 Å². The molecule has 0 bridgehead atoms. The average molecular weight is 1790 g/mol. The number of fused-ring (bicyclic) bond motifs is 3. The number of benzene rings is 9. The van der Waals surface area contributed by atoms with Gasteiger partial charge >= 0.3 is 0 Å². The number of nitro groups is 1. The van der Waals surface area contributed by atoms with Crippen LogP contribution in [0.5, 0.6) is 23.0 Å². The van der Waals surface area contributed by atoms with Crippen molar-refractivity contribution in [1.29, 1.82) is 0 Å². The van der Waals surface area contributed by atoms with E-state index >= 15 is 0 Å². The number of aryl methyl sites for hydroxylation is 2. The molecule has 9 aromatic carbocycles. The van der Waals surface area contributed by atoms with Gasteiger partial charge in [-0.05, 0) is 122 Å². The van der Waals surface area contributed by atoms with Gasteiger partial charge in [-0.3, -0.25) is 55.6 Å². The molecule has 14 N–H and O–H groups in total. The predicted molar refractivity (Wildman–Crippen MR) is 387 cm³/mol. The molecule has 0 spiro atoms. The Labute approximate surface area is 640 Å². The number of aromatic hydroxyl groups is 2. The molecular weight excluding hydrogens is 1740 g/mol. The summed E-state index contributed by atoms with van der Waals surface area (Å²) in [6, 6.07) is 9.92. The molecule has 0 atom stereocenters. The summed E-state index contributed by atoms with van der Waals surface area (Å²) >= 11 is 0. The average Bonchev–Trinajstić information content (AvgIpc) is 0.736. The summed E-state index contributed by atoms with van der Waals surface area (Å²) in [5.74, 6) is -5.60. The molecular formula is C56H48N12O36S10. The van der Waals surface area contributed by atoms with Gasteiger partial charge in [-0.2, -0.15) is 94.4 Å². The number of hydrogen-bond donors (Lipinski definition) is 13. The Kier molecular flexibility index (Phi) is 24.2. The van der Waals surface area contributed by atoms with Crippen molar-refractivity contribution in [3.05, 3.63) is 118 Å². The van der Waals surface area contributed by atoms with Crippen LogP contribution in [0.4, 0.5) is 68.2 Å². The number of azo groups is 5. The highest BCUT2D eigenvalue weighted by Gasteiger charge is 2.33. The van der Waals surface area contributed by atoms with E-state index in [0.717, 1.165) is 24.3 Å². The molecule has 58 heteroatoms. The molecule has 0 heterocycles. The number of phenols is 2. The van der Waals surface area contributed by atoms with E-state index in [9.17, 15) is 150 Å². The van der Waals surface area contributed by atoms with Gasteiger partial charge in [-0.1, -0.05) is 0 Å². The van der Waals surface area contributed by atoms with Gasteiger partial charge in [-0.15, -0.1) is 40.9 Å². The van der Waals surface area contributed by atoms with Crippen molar-refractivity contribution < 1.29 is 154 Å². The Hall–Kier alpha value is -10.7. The van der Waals surface area contributed by atoms with Crippen LogP contribution in [-0.2, 0) is 101 Å². The van der Waals surface area contributed by atoms with Crippen molar-refractivity contribution in [2.24, 2.45) is 51.1 Å². The fourth-order valence-electron chi connectivity index (χ4n) is 10.3. The third-order valence-electron chi connectivity index (χ3n) is 15.3. The van der Waals surface area contributed by atoms with E-state index in [0.29, 0.717) is 48.5 Å². The first-order chi connectivity index (χ1) is 52.2. The van der Waals surface area contributed by atoms with E-state index in [4.69, 9.17) is 15.2 Å². The monoisotopic (exact) mass is 1780 g/mol. The molecule has 114 heavy (non-hydrogen) atoms. The van der Waals surface area contributed by atoms with Gasteiger partial charge in [0.25, 0.3) is 107 Å². The topological polar surface area (TPSA) is 795 Å². The highest BCUT2D eigenvalue weighted by Crippen LogP contribution is 2.51. The van der Waals surface area contributed by atoms with Gasteiger partial charge in [0.15, 0.2) is 17.2 Å². The number of nitro benzene ring substituents is 1. The van der Waals surface area contributed by atoms with E-state index < -0.39 is 284 Å². The first-order valence-corrected chi connectivity index (χ1v) is 44.7. The van der Waals surface area contributed by atoms with Crippen LogP contribution in [0.25, 0.3) is 32.3 Å². The number of nitrogens with zero attached hydrogens (tertiary/aromatic N) is 11. The van der Waals surface area contributed by atoms with Crippen LogP contribution in [0, 0.1) is 24.0 Å². The summed E-state index contributed by atoms with van der Waals surface area (Å²) in [6.45, 7) is 1.50. The molecule has 0 amide bonds. The van der Waals surface area contributed by atoms with Gasteiger partial charge in [0.05, 0.1) is 67.6 Å². The Morgan fingerprint density at radius 2 is 0.781 bits per heavy atom. The number of anilines is 1. The molecule has 0 aliphatic rings. The molecule has 0 fully saturated rings. The minimum atomic E-state index is -5.86. The van der Waals surface area contributed by atoms with Crippen molar-refractivity contribution in [2.75, 3.05) is 30.5 Å². The highest BCUT2D eigenvalue weighted by molar-refractivity contribution is 7.88. The fourth-order valence-corrected chi connectivity index (χ4v) is 16.5. The summed E-state index contributed by atoms with van der Waals surface area (Å²) in [7, 11) is -53.5. The quantitative estimate of drug-likeness (QED) is 0.00517. The van der Waals surface area contributed by atoms with Crippen LogP contribution < -0.4 is 15.2 Å². The second-order valence-corrected chi connectivity index (χ2v) is 37.6. The van der Waals surface area contributed by atoms with E-state index in [1.54, 1.807) is 0 Å². The van der Waals surface area contributed by atoms with E-state index in [1.165, 1.54) is 19.9 Å². The van der Waals surface area contributed by atoms with Crippen LogP contribution in [-0.4, -0.2) is 170 Å². The predicted octanol–water partition coefficient (Wildman–Crippen LogP) is 10.0. The summed E-state index contributed by atoms with van der Waals surface area (Å²) in [5, 5.41) is 68.1. The van der Waals surface area contributed by atoms with Gasteiger partial charge in [0.2, 0.25) is 0 Å². The Morgan fingerprint density at radius 3 is 1.24 bits per heavy atom. The molecule has 0 aliphatic heterocycles. The van der Waals surface area contributed by atoms with Crippen molar-refractivity contribution >= 4 is 202 Å². The van der Waals surface area contributed by atoms with Crippen molar-refractivity contribution in [3.8, 4) is 23.0 Å². The first kappa shape index (κ1) is 87.2. The SMILES string of the molecule is Cc1cc(/N=N\c2c(S(=O)(=O)O)cc3c(S(=O)(=O)O)c(N=Nc4cc(S(=O)(=O)O)c5cc(S(=O)(=O)O)c(/N=N\c6ccc(S(=O)(=O)O)cc6[N+](=O)[O-])c(O)c5c4N)ccc3c2O)c(OCCCS(=O)(=O)O)cc1/N=N\c1cc(C)c(/N=N\c2cc(S(=O)(=O)O)cc3cc(S(=O)(=O)O)cc(S(=O)(=O)O)c23)cc1OCCCS(=O)(=O)O. The maximum Gasteiger partial charge on any atom is 0.298 e. The Morgan fingerprint density at radius 1 is 0.368 bits per heavy atom. The zero-order valence-electron chi connectivity index (χ0n) is 56.2. The Bertz CT molecular complexity index is 7070. The lowest BCUT2D eigenvalue weighted by molar-refractivity contribution is -0.384. The van der Waals surface area contributed by atoms with Crippen molar-refractivity contribution in [3.63, 3.8) is 0 Å². The van der Waals surface area contributed by atoms with Gasteiger partial charge in [0.1, 0.15) is 75.0 Å². The summed E-state index contributed by atoms with van der Waals surface area (Å²) in [5.41, 5.74) is -3.67. The third kappa shape index (κ3) is 20.2. The molecule has 0 radical (unpaired) electrons.